The van der Waals surface area contributed by atoms with Crippen LogP contribution in [0.4, 0.5) is 4.79 Å². The molecule has 0 spiro atoms. The number of amides is 2. The average molecular weight is 377 g/mol. The first-order chi connectivity index (χ1) is 12.9. The van der Waals surface area contributed by atoms with Gasteiger partial charge in [0.25, 0.3) is 0 Å². The van der Waals surface area contributed by atoms with E-state index >= 15 is 0 Å². The monoisotopic (exact) mass is 377 g/mol. The minimum atomic E-state index is -0.814. The molecule has 1 aliphatic carbocycles. The molecule has 1 fully saturated rings. The normalized spacial score (nSPS) is 19.9. The first kappa shape index (κ1) is 21.0. The molecule has 27 heavy (non-hydrogen) atoms. The molecule has 1 unspecified atom stereocenters. The van der Waals surface area contributed by atoms with E-state index < -0.39 is 5.97 Å². The van der Waals surface area contributed by atoms with Gasteiger partial charge in [0, 0.05) is 12.1 Å². The Morgan fingerprint density at radius 2 is 1.93 bits per heavy atom. The maximum Gasteiger partial charge on any atom is 0.317 e. The van der Waals surface area contributed by atoms with Crippen molar-refractivity contribution >= 4 is 12.0 Å². The molecule has 0 heterocycles. The zero-order chi connectivity index (χ0) is 19.8. The summed E-state index contributed by atoms with van der Waals surface area (Å²) in [4.78, 5) is 25.0. The summed E-state index contributed by atoms with van der Waals surface area (Å²) in [7, 11) is 0. The highest BCUT2D eigenvalue weighted by Gasteiger charge is 2.34. The van der Waals surface area contributed by atoms with Crippen LogP contribution in [0.3, 0.4) is 0 Å². The predicted molar refractivity (Wildman–Crippen MR) is 104 cm³/mol. The lowest BCUT2D eigenvalue weighted by atomic mass is 9.85. The summed E-state index contributed by atoms with van der Waals surface area (Å²) in [5.74, 6) is 0.0190. The van der Waals surface area contributed by atoms with E-state index in [-0.39, 0.29) is 30.7 Å². The first-order valence-corrected chi connectivity index (χ1v) is 9.68. The van der Waals surface area contributed by atoms with Gasteiger partial charge < -0.3 is 20.5 Å². The first-order valence-electron chi connectivity index (χ1n) is 9.68. The van der Waals surface area contributed by atoms with Crippen molar-refractivity contribution in [2.45, 2.75) is 58.2 Å². The Kier molecular flexibility index (Phi) is 7.91. The van der Waals surface area contributed by atoms with E-state index in [1.54, 1.807) is 0 Å². The second-order valence-corrected chi connectivity index (χ2v) is 7.04. The molecule has 0 aliphatic heterocycles. The third-order valence-electron chi connectivity index (χ3n) is 4.91. The number of carbonyl (C=O) groups excluding carboxylic acids is 1. The number of hydrogen-bond donors (Lipinski definition) is 3. The van der Waals surface area contributed by atoms with Crippen molar-refractivity contribution in [3.63, 3.8) is 0 Å². The number of carboxylic acids is 1. The highest BCUT2D eigenvalue weighted by molar-refractivity contribution is 5.75. The maximum atomic E-state index is 12.2. The van der Waals surface area contributed by atoms with Crippen LogP contribution in [0.2, 0.25) is 0 Å². The second-order valence-electron chi connectivity index (χ2n) is 7.04. The fourth-order valence-corrected chi connectivity index (χ4v) is 3.26. The summed E-state index contributed by atoms with van der Waals surface area (Å²) in [6.45, 7) is 7.41. The minimum absolute atomic E-state index is 0.0507. The fraction of sp³-hybridized carbons (Fsp3) is 0.600. The number of nitrogens with one attached hydrogen (secondary N) is 2. The summed E-state index contributed by atoms with van der Waals surface area (Å²) in [6.07, 6.45) is 2.53. The van der Waals surface area contributed by atoms with Gasteiger partial charge in [-0.1, -0.05) is 26.0 Å². The van der Waals surface area contributed by atoms with Gasteiger partial charge >= 0.3 is 12.0 Å². The summed E-state index contributed by atoms with van der Waals surface area (Å²) < 4.78 is 5.57. The molecule has 3 N–H and O–H groups in total. The van der Waals surface area contributed by atoms with Gasteiger partial charge in [0.15, 0.2) is 0 Å². The molecule has 1 aliphatic rings. The molecule has 7 nitrogen and oxygen atoms in total. The molecule has 0 saturated heterocycles. The molecule has 0 aromatic heterocycles. The summed E-state index contributed by atoms with van der Waals surface area (Å²) in [6, 6.07) is 7.76. The lowest BCUT2D eigenvalue weighted by molar-refractivity contribution is -0.139. The Balaban J connectivity index is 1.73. The van der Waals surface area contributed by atoms with Gasteiger partial charge in [-0.25, -0.2) is 4.79 Å². The highest BCUT2D eigenvalue weighted by atomic mass is 16.5. The summed E-state index contributed by atoms with van der Waals surface area (Å²) >= 11 is 0. The van der Waals surface area contributed by atoms with Crippen LogP contribution in [0, 0.1) is 0 Å². The number of likely N-dealkylation sites (N-methyl/N-ethyl adjacent to an activating group) is 1. The number of carboxylic acid groups (broad SMARTS) is 1. The van der Waals surface area contributed by atoms with Crippen LogP contribution in [0.1, 0.15) is 51.6 Å². The van der Waals surface area contributed by atoms with Crippen LogP contribution < -0.4 is 15.4 Å². The number of carbonyl (C=O) groups is 2. The van der Waals surface area contributed by atoms with E-state index in [0.29, 0.717) is 13.2 Å². The number of hydrogen-bond acceptors (Lipinski definition) is 4. The SMILES string of the molecule is CCCOc1ccc(C(C)NC(=O)NC2CC(N(CC)CC(=O)O)C2)cc1. The number of ether oxygens (including phenoxy) is 1. The lowest BCUT2D eigenvalue weighted by Crippen LogP contribution is -2.56. The minimum Gasteiger partial charge on any atom is -0.494 e. The van der Waals surface area contributed by atoms with E-state index in [1.807, 2.05) is 43.0 Å². The topological polar surface area (TPSA) is 90.9 Å². The molecule has 2 amide bonds. The van der Waals surface area contributed by atoms with Crippen molar-refractivity contribution < 1.29 is 19.4 Å². The quantitative estimate of drug-likeness (QED) is 0.583. The molecular formula is C20H31N3O4. The van der Waals surface area contributed by atoms with E-state index in [4.69, 9.17) is 9.84 Å². The standard InChI is InChI=1S/C20H31N3O4/c1-4-10-27-18-8-6-15(7-9-18)14(3)21-20(26)22-16-11-17(12-16)23(5-2)13-19(24)25/h6-9,14,16-17H,4-5,10-13H2,1-3H3,(H,24,25)(H2,21,22,26). The number of rotatable bonds is 10. The van der Waals surface area contributed by atoms with Gasteiger partial charge in [0.05, 0.1) is 19.2 Å². The van der Waals surface area contributed by atoms with Gasteiger partial charge in [-0.05, 0) is 50.4 Å². The van der Waals surface area contributed by atoms with Crippen LogP contribution in [-0.2, 0) is 4.79 Å². The molecule has 1 aromatic rings. The van der Waals surface area contributed by atoms with Crippen molar-refractivity contribution in [1.82, 2.24) is 15.5 Å². The Morgan fingerprint density at radius 3 is 2.48 bits per heavy atom. The van der Waals surface area contributed by atoms with Gasteiger partial charge in [-0.2, -0.15) is 0 Å². The van der Waals surface area contributed by atoms with Gasteiger partial charge in [-0.15, -0.1) is 0 Å². The van der Waals surface area contributed by atoms with Crippen molar-refractivity contribution in [3.8, 4) is 5.75 Å². The smallest absolute Gasteiger partial charge is 0.317 e. The van der Waals surface area contributed by atoms with E-state index in [2.05, 4.69) is 17.6 Å². The molecule has 0 bridgehead atoms. The number of aliphatic carboxylic acids is 1. The van der Waals surface area contributed by atoms with Gasteiger partial charge in [0.1, 0.15) is 5.75 Å². The largest absolute Gasteiger partial charge is 0.494 e. The molecule has 1 aromatic carbocycles. The lowest BCUT2D eigenvalue weighted by Gasteiger charge is -2.42. The third-order valence-corrected chi connectivity index (χ3v) is 4.91. The van der Waals surface area contributed by atoms with Crippen LogP contribution in [-0.4, -0.2) is 53.8 Å². The summed E-state index contributed by atoms with van der Waals surface area (Å²) in [5, 5.41) is 14.9. The Hall–Kier alpha value is -2.28. The van der Waals surface area contributed by atoms with Crippen molar-refractivity contribution in [3.05, 3.63) is 29.8 Å². The molecule has 2 rings (SSSR count). The molecule has 150 valence electrons. The number of nitrogens with zero attached hydrogens (tertiary/aromatic N) is 1. The number of urea groups is 1. The predicted octanol–water partition coefficient (Wildman–Crippen LogP) is 2.77. The molecule has 1 saturated carbocycles. The van der Waals surface area contributed by atoms with Crippen LogP contribution >= 0.6 is 0 Å². The maximum absolute atomic E-state index is 12.2. The molecule has 0 radical (unpaired) electrons. The Labute approximate surface area is 161 Å². The van der Waals surface area contributed by atoms with E-state index in [1.165, 1.54) is 0 Å². The Bertz CT molecular complexity index is 614. The fourth-order valence-electron chi connectivity index (χ4n) is 3.26. The molecular weight excluding hydrogens is 346 g/mol. The van der Waals surface area contributed by atoms with Crippen LogP contribution in [0.5, 0.6) is 5.75 Å². The van der Waals surface area contributed by atoms with Gasteiger partial charge in [0.2, 0.25) is 0 Å². The third kappa shape index (κ3) is 6.43. The van der Waals surface area contributed by atoms with Crippen molar-refractivity contribution in [2.24, 2.45) is 0 Å². The van der Waals surface area contributed by atoms with Gasteiger partial charge in [-0.3, -0.25) is 9.69 Å². The van der Waals surface area contributed by atoms with Crippen LogP contribution in [0.25, 0.3) is 0 Å². The zero-order valence-corrected chi connectivity index (χ0v) is 16.4. The molecule has 1 atom stereocenters. The summed E-state index contributed by atoms with van der Waals surface area (Å²) in [5.41, 5.74) is 1.01. The van der Waals surface area contributed by atoms with Crippen LogP contribution in [0.15, 0.2) is 24.3 Å². The zero-order valence-electron chi connectivity index (χ0n) is 16.4. The van der Waals surface area contributed by atoms with E-state index in [9.17, 15) is 9.59 Å². The highest BCUT2D eigenvalue weighted by Crippen LogP contribution is 2.25. The number of benzene rings is 1. The molecule has 7 heteroatoms. The second kappa shape index (κ2) is 10.2. The average Bonchev–Trinajstić information content (AvgIpc) is 2.61. The Morgan fingerprint density at radius 1 is 1.26 bits per heavy atom. The van der Waals surface area contributed by atoms with E-state index in [0.717, 1.165) is 30.6 Å². The van der Waals surface area contributed by atoms with Crippen molar-refractivity contribution in [2.75, 3.05) is 19.7 Å². The van der Waals surface area contributed by atoms with Crippen molar-refractivity contribution in [1.29, 1.82) is 0 Å².